The average Bonchev–Trinajstić information content (AvgIpc) is 2.61. The Morgan fingerprint density at radius 2 is 1.67 bits per heavy atom. The molecule has 4 heteroatoms. The molecule has 0 saturated carbocycles. The summed E-state index contributed by atoms with van der Waals surface area (Å²) in [6.07, 6.45) is 13.8. The minimum atomic E-state index is 0.735. The summed E-state index contributed by atoms with van der Waals surface area (Å²) in [5, 5.41) is 0. The predicted molar refractivity (Wildman–Crippen MR) is 108 cm³/mol. The van der Waals surface area contributed by atoms with E-state index in [1.807, 2.05) is 12.1 Å². The fraction of sp³-hybridized carbons (Fsp3) is 0.500. The largest absolute Gasteiger partial charge is 0.490 e. The average molecular weight is 438 g/mol. The van der Waals surface area contributed by atoms with Gasteiger partial charge in [-0.1, -0.05) is 70.1 Å². The zero-order valence-corrected chi connectivity index (χ0v) is 16.7. The second kappa shape index (κ2) is 11.4. The summed E-state index contributed by atoms with van der Waals surface area (Å²) in [4.78, 5) is 8.54. The standard InChI is InChI=1S/C20H27IN2O/c1-2-3-4-5-6-7-8-11-14-24-19-15-22-16-23-20(19)17-12-9-10-13-18(17)21/h9-10,12-13,15-16H,2-8,11,14H2,1H3. The maximum atomic E-state index is 5.96. The maximum Gasteiger partial charge on any atom is 0.163 e. The number of hydrogen-bond acceptors (Lipinski definition) is 3. The highest BCUT2D eigenvalue weighted by Crippen LogP contribution is 2.30. The normalized spacial score (nSPS) is 10.8. The molecule has 0 unspecified atom stereocenters. The summed E-state index contributed by atoms with van der Waals surface area (Å²) >= 11 is 2.33. The lowest BCUT2D eigenvalue weighted by molar-refractivity contribution is 0.303. The molecule has 130 valence electrons. The summed E-state index contributed by atoms with van der Waals surface area (Å²) in [6.45, 7) is 2.99. The SMILES string of the molecule is CCCCCCCCCCOc1cncnc1-c1ccccc1I. The van der Waals surface area contributed by atoms with E-state index < -0.39 is 0 Å². The lowest BCUT2D eigenvalue weighted by Crippen LogP contribution is -2.01. The minimum Gasteiger partial charge on any atom is -0.490 e. The van der Waals surface area contributed by atoms with Crippen molar-refractivity contribution in [2.75, 3.05) is 6.61 Å². The number of rotatable bonds is 11. The Morgan fingerprint density at radius 3 is 2.42 bits per heavy atom. The number of halogens is 1. The van der Waals surface area contributed by atoms with Crippen molar-refractivity contribution in [2.24, 2.45) is 0 Å². The van der Waals surface area contributed by atoms with Crippen LogP contribution in [0.15, 0.2) is 36.8 Å². The van der Waals surface area contributed by atoms with Crippen LogP contribution in [0.2, 0.25) is 0 Å². The van der Waals surface area contributed by atoms with Crippen molar-refractivity contribution in [1.29, 1.82) is 0 Å². The van der Waals surface area contributed by atoms with E-state index in [-0.39, 0.29) is 0 Å². The fourth-order valence-electron chi connectivity index (χ4n) is 2.70. The van der Waals surface area contributed by atoms with Crippen LogP contribution in [0.3, 0.4) is 0 Å². The van der Waals surface area contributed by atoms with Crippen LogP contribution in [0.5, 0.6) is 5.75 Å². The highest BCUT2D eigenvalue weighted by Gasteiger charge is 2.10. The lowest BCUT2D eigenvalue weighted by Gasteiger charge is -2.11. The highest BCUT2D eigenvalue weighted by atomic mass is 127. The van der Waals surface area contributed by atoms with Crippen molar-refractivity contribution in [2.45, 2.75) is 58.3 Å². The number of nitrogens with zero attached hydrogens (tertiary/aromatic N) is 2. The van der Waals surface area contributed by atoms with Crippen molar-refractivity contribution >= 4 is 22.6 Å². The summed E-state index contributed by atoms with van der Waals surface area (Å²) in [5.41, 5.74) is 1.99. The topological polar surface area (TPSA) is 35.0 Å². The van der Waals surface area contributed by atoms with Gasteiger partial charge in [-0.25, -0.2) is 9.97 Å². The van der Waals surface area contributed by atoms with E-state index in [9.17, 15) is 0 Å². The molecule has 0 aliphatic heterocycles. The van der Waals surface area contributed by atoms with Gasteiger partial charge in [-0.05, 0) is 35.1 Å². The smallest absolute Gasteiger partial charge is 0.163 e. The van der Waals surface area contributed by atoms with Gasteiger partial charge in [0.25, 0.3) is 0 Å². The van der Waals surface area contributed by atoms with E-state index in [2.05, 4.69) is 51.6 Å². The predicted octanol–water partition coefficient (Wildman–Crippen LogP) is 6.27. The Bertz CT molecular complexity index is 604. The quantitative estimate of drug-likeness (QED) is 0.307. The van der Waals surface area contributed by atoms with Gasteiger partial charge in [-0.2, -0.15) is 0 Å². The van der Waals surface area contributed by atoms with E-state index in [0.717, 1.165) is 30.0 Å². The van der Waals surface area contributed by atoms with E-state index >= 15 is 0 Å². The number of unbranched alkanes of at least 4 members (excludes halogenated alkanes) is 7. The third-order valence-electron chi connectivity index (χ3n) is 4.06. The summed E-state index contributed by atoms with van der Waals surface area (Å²) in [6, 6.07) is 8.23. The first-order valence-corrected chi connectivity index (χ1v) is 10.1. The zero-order valence-electron chi connectivity index (χ0n) is 14.5. The third kappa shape index (κ3) is 6.38. The van der Waals surface area contributed by atoms with Gasteiger partial charge in [0.2, 0.25) is 0 Å². The Balaban J connectivity index is 1.77. The van der Waals surface area contributed by atoms with Crippen molar-refractivity contribution in [3.63, 3.8) is 0 Å². The second-order valence-electron chi connectivity index (χ2n) is 6.04. The number of hydrogen-bond donors (Lipinski definition) is 0. The van der Waals surface area contributed by atoms with Crippen molar-refractivity contribution in [3.8, 4) is 17.0 Å². The van der Waals surface area contributed by atoms with Crippen LogP contribution in [0.4, 0.5) is 0 Å². The molecule has 0 fully saturated rings. The van der Waals surface area contributed by atoms with Crippen LogP contribution in [0.1, 0.15) is 58.3 Å². The zero-order chi connectivity index (χ0) is 17.0. The Morgan fingerprint density at radius 1 is 0.958 bits per heavy atom. The van der Waals surface area contributed by atoms with Gasteiger partial charge in [0.15, 0.2) is 5.75 Å². The molecule has 24 heavy (non-hydrogen) atoms. The number of benzene rings is 1. The van der Waals surface area contributed by atoms with Gasteiger partial charge >= 0.3 is 0 Å². The summed E-state index contributed by atoms with van der Waals surface area (Å²) in [7, 11) is 0. The van der Waals surface area contributed by atoms with Crippen LogP contribution in [0.25, 0.3) is 11.3 Å². The molecule has 1 aromatic heterocycles. The molecule has 0 spiro atoms. The van der Waals surface area contributed by atoms with Crippen molar-refractivity contribution in [3.05, 3.63) is 40.4 Å². The third-order valence-corrected chi connectivity index (χ3v) is 5.00. The molecule has 1 heterocycles. The molecule has 0 aliphatic rings. The first-order chi connectivity index (χ1) is 11.8. The highest BCUT2D eigenvalue weighted by molar-refractivity contribution is 14.1. The molecule has 3 nitrogen and oxygen atoms in total. The van der Waals surface area contributed by atoms with Crippen LogP contribution >= 0.6 is 22.6 Å². The molecular formula is C20H27IN2O. The molecule has 1 aromatic carbocycles. The van der Waals surface area contributed by atoms with E-state index in [1.165, 1.54) is 48.5 Å². The van der Waals surface area contributed by atoms with Crippen molar-refractivity contribution in [1.82, 2.24) is 9.97 Å². The maximum absolute atomic E-state index is 5.96. The van der Waals surface area contributed by atoms with Crippen molar-refractivity contribution < 1.29 is 4.74 Å². The number of ether oxygens (including phenoxy) is 1. The Kier molecular flexibility index (Phi) is 9.10. The Hall–Kier alpha value is -1.17. The van der Waals surface area contributed by atoms with Gasteiger partial charge in [-0.3, -0.25) is 0 Å². The lowest BCUT2D eigenvalue weighted by atomic mass is 10.1. The molecule has 0 aliphatic carbocycles. The second-order valence-corrected chi connectivity index (χ2v) is 7.20. The van der Waals surface area contributed by atoms with E-state index in [0.29, 0.717) is 0 Å². The molecule has 2 aromatic rings. The molecular weight excluding hydrogens is 411 g/mol. The Labute approximate surface area is 159 Å². The monoisotopic (exact) mass is 438 g/mol. The van der Waals surface area contributed by atoms with Crippen LogP contribution in [0, 0.1) is 3.57 Å². The molecule has 0 amide bonds. The molecule has 0 bridgehead atoms. The first-order valence-electron chi connectivity index (χ1n) is 9.00. The van der Waals surface area contributed by atoms with Crippen LogP contribution in [-0.4, -0.2) is 16.6 Å². The van der Waals surface area contributed by atoms with Gasteiger partial charge in [0, 0.05) is 9.13 Å². The summed E-state index contributed by atoms with van der Waals surface area (Å²) in [5.74, 6) is 0.782. The molecule has 2 rings (SSSR count). The molecule has 0 N–H and O–H groups in total. The summed E-state index contributed by atoms with van der Waals surface area (Å²) < 4.78 is 7.14. The van der Waals surface area contributed by atoms with Gasteiger partial charge in [-0.15, -0.1) is 0 Å². The van der Waals surface area contributed by atoms with E-state index in [4.69, 9.17) is 4.74 Å². The fourth-order valence-corrected chi connectivity index (χ4v) is 3.34. The van der Waals surface area contributed by atoms with Gasteiger partial charge < -0.3 is 4.74 Å². The first kappa shape index (κ1) is 19.2. The molecule has 0 saturated heterocycles. The van der Waals surface area contributed by atoms with Gasteiger partial charge in [0.1, 0.15) is 12.0 Å². The minimum absolute atomic E-state index is 0.735. The molecule has 0 radical (unpaired) electrons. The van der Waals surface area contributed by atoms with Crippen LogP contribution in [-0.2, 0) is 0 Å². The van der Waals surface area contributed by atoms with Crippen LogP contribution < -0.4 is 4.74 Å². The number of aromatic nitrogens is 2. The van der Waals surface area contributed by atoms with Gasteiger partial charge in [0.05, 0.1) is 12.8 Å². The van der Waals surface area contributed by atoms with E-state index in [1.54, 1.807) is 12.5 Å². The molecule has 0 atom stereocenters.